The Hall–Kier alpha value is 0.137. The normalized spacial score (nSPS) is 52.8. The van der Waals surface area contributed by atoms with Crippen LogP contribution in [0.15, 0.2) is 0 Å². The van der Waals surface area contributed by atoms with Crippen molar-refractivity contribution in [3.05, 3.63) is 0 Å². The van der Waals surface area contributed by atoms with Gasteiger partial charge in [0, 0.05) is 5.92 Å². The van der Waals surface area contributed by atoms with Crippen molar-refractivity contribution in [3.63, 3.8) is 0 Å². The Morgan fingerprint density at radius 2 is 1.71 bits per heavy atom. The summed E-state index contributed by atoms with van der Waals surface area (Å²) in [6, 6.07) is 3.76. The molecule has 3 bridgehead atoms. The van der Waals surface area contributed by atoms with E-state index in [0.29, 0.717) is 17.4 Å². The Labute approximate surface area is 150 Å². The summed E-state index contributed by atoms with van der Waals surface area (Å²) in [5.74, 6) is 2.23. The Kier molecular flexibility index (Phi) is 3.89. The van der Waals surface area contributed by atoms with Crippen LogP contribution in [0, 0.1) is 23.2 Å². The van der Waals surface area contributed by atoms with Gasteiger partial charge in [0.15, 0.2) is 8.32 Å². The largest absolute Gasteiger partial charge is 0.411 e. The Morgan fingerprint density at radius 3 is 2.33 bits per heavy atom. The van der Waals surface area contributed by atoms with Crippen LogP contribution in [0.5, 0.6) is 0 Å². The molecule has 4 aliphatic rings. The van der Waals surface area contributed by atoms with Crippen LogP contribution < -0.4 is 0 Å². The van der Waals surface area contributed by atoms with Gasteiger partial charge in [-0.1, -0.05) is 27.7 Å². The molecular weight excluding hydrogens is 312 g/mol. The number of ether oxygens (including phenoxy) is 1. The summed E-state index contributed by atoms with van der Waals surface area (Å²) < 4.78 is 14.2. The van der Waals surface area contributed by atoms with Gasteiger partial charge in [-0.15, -0.1) is 0 Å². The Balaban J connectivity index is 1.74. The van der Waals surface area contributed by atoms with E-state index in [1.807, 2.05) is 0 Å². The highest BCUT2D eigenvalue weighted by Crippen LogP contribution is 2.73. The van der Waals surface area contributed by atoms with Crippen molar-refractivity contribution in [2.45, 2.75) is 109 Å². The minimum absolute atomic E-state index is 0.0311. The van der Waals surface area contributed by atoms with Crippen molar-refractivity contribution >= 4 is 8.32 Å². The highest BCUT2D eigenvalue weighted by atomic mass is 28.4. The third-order valence-corrected chi connectivity index (χ3v) is 14.0. The molecule has 0 N–H and O–H groups in total. The maximum Gasteiger partial charge on any atom is 0.192 e. The summed E-state index contributed by atoms with van der Waals surface area (Å²) in [6.45, 7) is 14.5. The topological polar surface area (TPSA) is 18.5 Å². The number of hydrogen-bond acceptors (Lipinski definition) is 2. The summed E-state index contributed by atoms with van der Waals surface area (Å²) in [7, 11) is -1.60. The summed E-state index contributed by atoms with van der Waals surface area (Å²) in [5.41, 5.74) is 0.602. The highest BCUT2D eigenvalue weighted by molar-refractivity contribution is 6.73. The fourth-order valence-electron chi connectivity index (χ4n) is 7.60. The number of rotatable bonds is 5. The Bertz CT molecular complexity index is 510. The van der Waals surface area contributed by atoms with Crippen LogP contribution >= 0.6 is 0 Å². The minimum atomic E-state index is -1.60. The van der Waals surface area contributed by atoms with E-state index in [-0.39, 0.29) is 11.2 Å². The van der Waals surface area contributed by atoms with Crippen LogP contribution in [0.2, 0.25) is 18.1 Å². The third kappa shape index (κ3) is 1.95. The van der Waals surface area contributed by atoms with Crippen LogP contribution in [0.1, 0.15) is 73.6 Å². The zero-order valence-electron chi connectivity index (χ0n) is 16.8. The predicted molar refractivity (Wildman–Crippen MR) is 102 cm³/mol. The zero-order valence-corrected chi connectivity index (χ0v) is 17.8. The molecule has 24 heavy (non-hydrogen) atoms. The van der Waals surface area contributed by atoms with Crippen LogP contribution in [0.25, 0.3) is 0 Å². The molecule has 4 fully saturated rings. The van der Waals surface area contributed by atoms with Crippen molar-refractivity contribution in [2.75, 3.05) is 0 Å². The molecule has 138 valence electrons. The van der Waals surface area contributed by atoms with Gasteiger partial charge in [-0.2, -0.15) is 0 Å². The molecule has 1 saturated heterocycles. The second kappa shape index (κ2) is 5.33. The maximum absolute atomic E-state index is 7.19. The maximum atomic E-state index is 7.19. The van der Waals surface area contributed by atoms with Crippen molar-refractivity contribution in [2.24, 2.45) is 23.2 Å². The standard InChI is InChI=1S/C21H38O2Si/c1-7-24(8-2,9-3)22-18-16-14-21-13-12-19(16,5)23-20(18,6)17(21)11-10-15(21)4/h15-18H,7-14H2,1-6H3/t15-,16-,17-,18-,19-,20+,21+/m1/s1. The van der Waals surface area contributed by atoms with Gasteiger partial charge in [-0.3, -0.25) is 0 Å². The molecule has 0 aromatic rings. The lowest BCUT2D eigenvalue weighted by molar-refractivity contribution is -0.141. The lowest BCUT2D eigenvalue weighted by atomic mass is 9.50. The van der Waals surface area contributed by atoms with Crippen molar-refractivity contribution in [1.29, 1.82) is 0 Å². The average Bonchev–Trinajstić information content (AvgIpc) is 2.94. The van der Waals surface area contributed by atoms with Gasteiger partial charge in [0.1, 0.15) is 0 Å². The van der Waals surface area contributed by atoms with Crippen molar-refractivity contribution in [1.82, 2.24) is 0 Å². The third-order valence-electron chi connectivity index (χ3n) is 9.42. The molecule has 0 radical (unpaired) electrons. The van der Waals surface area contributed by atoms with Crippen LogP contribution in [0.3, 0.4) is 0 Å². The molecule has 3 aliphatic carbocycles. The van der Waals surface area contributed by atoms with Gasteiger partial charge in [0.25, 0.3) is 0 Å². The summed E-state index contributed by atoms with van der Waals surface area (Å²) >= 11 is 0. The number of hydrogen-bond donors (Lipinski definition) is 0. The lowest BCUT2D eigenvalue weighted by Gasteiger charge is -2.56. The van der Waals surface area contributed by atoms with Gasteiger partial charge in [0.2, 0.25) is 0 Å². The highest BCUT2D eigenvalue weighted by Gasteiger charge is 2.75. The number of fused-ring (bicyclic) bond motifs is 2. The second-order valence-corrected chi connectivity index (χ2v) is 14.7. The van der Waals surface area contributed by atoms with Gasteiger partial charge in [-0.05, 0) is 81.3 Å². The molecule has 0 amide bonds. The van der Waals surface area contributed by atoms with E-state index in [0.717, 1.165) is 11.8 Å². The molecular formula is C21H38O2Si. The first-order valence-electron chi connectivity index (χ1n) is 10.7. The molecule has 7 atom stereocenters. The van der Waals surface area contributed by atoms with Crippen molar-refractivity contribution in [3.8, 4) is 0 Å². The SMILES string of the molecule is CC[Si](CC)(CC)O[C@@H]1[C@H]2C[C@]34CC[C@@]2(C)O[C@@]1(C)[C@H]3CC[C@H]4C. The van der Waals surface area contributed by atoms with Gasteiger partial charge >= 0.3 is 0 Å². The molecule has 0 aromatic heterocycles. The fraction of sp³-hybridized carbons (Fsp3) is 1.00. The van der Waals surface area contributed by atoms with Crippen LogP contribution in [-0.4, -0.2) is 25.6 Å². The molecule has 3 saturated carbocycles. The fourth-order valence-corrected chi connectivity index (χ4v) is 10.5. The quantitative estimate of drug-likeness (QED) is 0.586. The van der Waals surface area contributed by atoms with E-state index in [2.05, 4.69) is 41.5 Å². The van der Waals surface area contributed by atoms with Crippen LogP contribution in [-0.2, 0) is 9.16 Å². The van der Waals surface area contributed by atoms with Gasteiger partial charge in [0.05, 0.1) is 17.3 Å². The Morgan fingerprint density at radius 1 is 1.04 bits per heavy atom. The minimum Gasteiger partial charge on any atom is -0.411 e. The first kappa shape index (κ1) is 17.5. The molecule has 0 unspecified atom stereocenters. The monoisotopic (exact) mass is 350 g/mol. The lowest BCUT2D eigenvalue weighted by Crippen LogP contribution is -2.61. The predicted octanol–water partition coefficient (Wildman–Crippen LogP) is 5.77. The van der Waals surface area contributed by atoms with Crippen LogP contribution in [0.4, 0.5) is 0 Å². The van der Waals surface area contributed by atoms with Crippen molar-refractivity contribution < 1.29 is 9.16 Å². The molecule has 1 aliphatic heterocycles. The molecule has 3 heteroatoms. The average molecular weight is 351 g/mol. The van der Waals surface area contributed by atoms with Gasteiger partial charge in [-0.25, -0.2) is 0 Å². The summed E-state index contributed by atoms with van der Waals surface area (Å²) in [6.07, 6.45) is 7.14. The molecule has 2 nitrogen and oxygen atoms in total. The van der Waals surface area contributed by atoms with E-state index in [9.17, 15) is 0 Å². The van der Waals surface area contributed by atoms with Gasteiger partial charge < -0.3 is 9.16 Å². The molecule has 1 spiro atoms. The van der Waals surface area contributed by atoms with E-state index < -0.39 is 8.32 Å². The van der Waals surface area contributed by atoms with E-state index in [1.165, 1.54) is 50.2 Å². The van der Waals surface area contributed by atoms with E-state index >= 15 is 0 Å². The van der Waals surface area contributed by atoms with E-state index in [1.54, 1.807) is 0 Å². The summed E-state index contributed by atoms with van der Waals surface area (Å²) in [5, 5.41) is 0. The van der Waals surface area contributed by atoms with E-state index in [4.69, 9.17) is 9.16 Å². The molecule has 4 rings (SSSR count). The first-order valence-corrected chi connectivity index (χ1v) is 13.2. The molecule has 1 heterocycles. The summed E-state index contributed by atoms with van der Waals surface area (Å²) in [4.78, 5) is 0. The molecule has 0 aromatic carbocycles. The zero-order chi connectivity index (χ0) is 17.4. The smallest absolute Gasteiger partial charge is 0.192 e. The first-order chi connectivity index (χ1) is 11.3. The second-order valence-electron chi connectivity index (χ2n) is 9.96.